The van der Waals surface area contributed by atoms with Crippen LogP contribution in [0.2, 0.25) is 0 Å². The number of hydrogen-bond donors (Lipinski definition) is 2. The zero-order valence-corrected chi connectivity index (χ0v) is 10.3. The second-order valence-corrected chi connectivity index (χ2v) is 5.01. The molecule has 1 aromatic rings. The second-order valence-electron chi connectivity index (χ2n) is 5.01. The van der Waals surface area contributed by atoms with Gasteiger partial charge in [0.1, 0.15) is 5.82 Å². The smallest absolute Gasteiger partial charge is 0.234 e. The summed E-state index contributed by atoms with van der Waals surface area (Å²) >= 11 is 0. The predicted molar refractivity (Wildman–Crippen MR) is 65.3 cm³/mol. The Morgan fingerprint density at radius 3 is 2.78 bits per heavy atom. The van der Waals surface area contributed by atoms with Gasteiger partial charge in [0.05, 0.1) is 12.1 Å². The van der Waals surface area contributed by atoms with E-state index in [1.807, 2.05) is 4.90 Å². The van der Waals surface area contributed by atoms with Gasteiger partial charge >= 0.3 is 0 Å². The molecule has 1 amide bonds. The van der Waals surface area contributed by atoms with Crippen molar-refractivity contribution in [1.82, 2.24) is 10.2 Å². The molecule has 1 fully saturated rings. The van der Waals surface area contributed by atoms with E-state index in [1.165, 1.54) is 6.07 Å². The number of likely N-dealkylation sites (tertiary alicyclic amines) is 1. The van der Waals surface area contributed by atoms with Gasteiger partial charge in [0.25, 0.3) is 0 Å². The Hall–Kier alpha value is -1.46. The first-order valence-corrected chi connectivity index (χ1v) is 5.91. The summed E-state index contributed by atoms with van der Waals surface area (Å²) in [5.74, 6) is -0.474. The summed E-state index contributed by atoms with van der Waals surface area (Å²) in [4.78, 5) is 13.4. The van der Waals surface area contributed by atoms with E-state index < -0.39 is 5.60 Å². The van der Waals surface area contributed by atoms with Gasteiger partial charge in [-0.05, 0) is 13.0 Å². The van der Waals surface area contributed by atoms with Crippen LogP contribution in [0.5, 0.6) is 0 Å². The van der Waals surface area contributed by atoms with E-state index in [2.05, 4.69) is 5.32 Å². The van der Waals surface area contributed by atoms with Crippen LogP contribution in [-0.4, -0.2) is 41.1 Å². The molecule has 0 unspecified atom stereocenters. The van der Waals surface area contributed by atoms with Crippen LogP contribution in [0.1, 0.15) is 12.5 Å². The van der Waals surface area contributed by atoms with Crippen LogP contribution in [0.3, 0.4) is 0 Å². The Balaban J connectivity index is 1.74. The molecule has 4 nitrogen and oxygen atoms in total. The Bertz CT molecular complexity index is 440. The van der Waals surface area contributed by atoms with Crippen LogP contribution >= 0.6 is 0 Å². The average molecular weight is 252 g/mol. The molecule has 2 rings (SSSR count). The van der Waals surface area contributed by atoms with Crippen LogP contribution in [0.15, 0.2) is 24.3 Å². The number of aliphatic hydroxyl groups is 1. The number of halogens is 1. The van der Waals surface area contributed by atoms with Gasteiger partial charge in [-0.2, -0.15) is 0 Å². The molecule has 0 bridgehead atoms. The Kier molecular flexibility index (Phi) is 3.63. The summed E-state index contributed by atoms with van der Waals surface area (Å²) in [5.41, 5.74) is -0.201. The lowest BCUT2D eigenvalue weighted by Crippen LogP contribution is -2.61. The minimum atomic E-state index is -0.675. The highest BCUT2D eigenvalue weighted by molar-refractivity contribution is 5.78. The summed E-state index contributed by atoms with van der Waals surface area (Å²) in [5, 5.41) is 12.2. The van der Waals surface area contributed by atoms with Crippen molar-refractivity contribution in [3.8, 4) is 0 Å². The molecule has 1 heterocycles. The van der Waals surface area contributed by atoms with Gasteiger partial charge < -0.3 is 10.4 Å². The number of carbonyl (C=O) groups is 1. The van der Waals surface area contributed by atoms with Crippen LogP contribution < -0.4 is 5.32 Å². The maximum Gasteiger partial charge on any atom is 0.234 e. The third-order valence-corrected chi connectivity index (χ3v) is 2.93. The van der Waals surface area contributed by atoms with Gasteiger partial charge in [0, 0.05) is 25.2 Å². The number of hydrogen-bond acceptors (Lipinski definition) is 3. The van der Waals surface area contributed by atoms with Gasteiger partial charge in [-0.15, -0.1) is 0 Å². The highest BCUT2D eigenvalue weighted by Crippen LogP contribution is 2.18. The lowest BCUT2D eigenvalue weighted by atomic mass is 9.97. The molecule has 5 heteroatoms. The van der Waals surface area contributed by atoms with Crippen LogP contribution in [0, 0.1) is 5.82 Å². The topological polar surface area (TPSA) is 52.6 Å². The van der Waals surface area contributed by atoms with Crippen molar-refractivity contribution in [2.75, 3.05) is 19.6 Å². The summed E-state index contributed by atoms with van der Waals surface area (Å²) < 4.78 is 13.3. The average Bonchev–Trinajstić information content (AvgIpc) is 2.25. The molecule has 1 aliphatic heterocycles. The van der Waals surface area contributed by atoms with E-state index in [0.29, 0.717) is 18.7 Å². The van der Waals surface area contributed by atoms with Gasteiger partial charge in [-0.25, -0.2) is 4.39 Å². The van der Waals surface area contributed by atoms with Crippen molar-refractivity contribution >= 4 is 5.91 Å². The molecule has 0 radical (unpaired) electrons. The van der Waals surface area contributed by atoms with Crippen molar-refractivity contribution < 1.29 is 14.3 Å². The molecular weight excluding hydrogens is 235 g/mol. The number of rotatable bonds is 4. The van der Waals surface area contributed by atoms with Gasteiger partial charge in [-0.1, -0.05) is 18.2 Å². The first-order chi connectivity index (χ1) is 8.46. The summed E-state index contributed by atoms with van der Waals surface area (Å²) in [6, 6.07) is 6.36. The first kappa shape index (κ1) is 13.0. The fourth-order valence-electron chi connectivity index (χ4n) is 2.12. The summed E-state index contributed by atoms with van der Waals surface area (Å²) in [7, 11) is 0. The lowest BCUT2D eigenvalue weighted by Gasteiger charge is -2.43. The third kappa shape index (κ3) is 3.27. The van der Waals surface area contributed by atoms with Crippen molar-refractivity contribution in [3.63, 3.8) is 0 Å². The molecular formula is C13H17FN2O2. The molecule has 98 valence electrons. The summed E-state index contributed by atoms with van der Waals surface area (Å²) in [6.45, 7) is 3.17. The van der Waals surface area contributed by atoms with Crippen molar-refractivity contribution in [3.05, 3.63) is 35.6 Å². The van der Waals surface area contributed by atoms with E-state index in [1.54, 1.807) is 25.1 Å². The van der Waals surface area contributed by atoms with E-state index in [0.717, 1.165) is 0 Å². The monoisotopic (exact) mass is 252 g/mol. The highest BCUT2D eigenvalue weighted by atomic mass is 19.1. The predicted octanol–water partition coefficient (Wildman–Crippen LogP) is 0.508. The quantitative estimate of drug-likeness (QED) is 0.821. The third-order valence-electron chi connectivity index (χ3n) is 2.93. The van der Waals surface area contributed by atoms with Gasteiger partial charge in [0.15, 0.2) is 0 Å². The number of carbonyl (C=O) groups excluding carboxylic acids is 1. The molecule has 2 N–H and O–H groups in total. The van der Waals surface area contributed by atoms with Crippen LogP contribution in [0.4, 0.5) is 4.39 Å². The molecule has 1 saturated heterocycles. The number of β-amino-alcohol motifs (C(OH)–C–C–N with tert-alkyl or cyclic N) is 1. The van der Waals surface area contributed by atoms with Crippen molar-refractivity contribution in [2.24, 2.45) is 0 Å². The maximum absolute atomic E-state index is 13.3. The normalized spacial score (nSPS) is 18.2. The number of nitrogens with one attached hydrogen (secondary N) is 1. The zero-order chi connectivity index (χ0) is 13.2. The van der Waals surface area contributed by atoms with Crippen LogP contribution in [-0.2, 0) is 11.3 Å². The largest absolute Gasteiger partial charge is 0.388 e. The van der Waals surface area contributed by atoms with Gasteiger partial charge in [0.2, 0.25) is 5.91 Å². The Morgan fingerprint density at radius 2 is 2.17 bits per heavy atom. The van der Waals surface area contributed by atoms with E-state index in [4.69, 9.17) is 0 Å². The fraction of sp³-hybridized carbons (Fsp3) is 0.462. The van der Waals surface area contributed by atoms with Crippen molar-refractivity contribution in [1.29, 1.82) is 0 Å². The SMILES string of the molecule is CC1(O)CN(CC(=O)NCc2ccccc2F)C1. The van der Waals surface area contributed by atoms with E-state index in [-0.39, 0.29) is 24.8 Å². The molecule has 1 aliphatic rings. The lowest BCUT2D eigenvalue weighted by molar-refractivity contribution is -0.130. The minimum absolute atomic E-state index is 0.159. The van der Waals surface area contributed by atoms with Crippen LogP contribution in [0.25, 0.3) is 0 Å². The molecule has 0 saturated carbocycles. The molecule has 0 aliphatic carbocycles. The maximum atomic E-state index is 13.3. The second kappa shape index (κ2) is 5.04. The molecule has 0 aromatic heterocycles. The molecule has 0 atom stereocenters. The minimum Gasteiger partial charge on any atom is -0.388 e. The van der Waals surface area contributed by atoms with Crippen molar-refractivity contribution in [2.45, 2.75) is 19.1 Å². The van der Waals surface area contributed by atoms with E-state index in [9.17, 15) is 14.3 Å². The number of benzene rings is 1. The highest BCUT2D eigenvalue weighted by Gasteiger charge is 2.36. The molecule has 0 spiro atoms. The Morgan fingerprint density at radius 1 is 1.50 bits per heavy atom. The Labute approximate surface area is 105 Å². The fourth-order valence-corrected chi connectivity index (χ4v) is 2.12. The number of amides is 1. The standard InChI is InChI=1S/C13H17FN2O2/c1-13(18)8-16(9-13)7-12(17)15-6-10-4-2-3-5-11(10)14/h2-5,18H,6-9H2,1H3,(H,15,17). The number of nitrogens with zero attached hydrogens (tertiary/aromatic N) is 1. The summed E-state index contributed by atoms with van der Waals surface area (Å²) in [6.07, 6.45) is 0. The van der Waals surface area contributed by atoms with E-state index >= 15 is 0 Å². The molecule has 1 aromatic carbocycles. The first-order valence-electron chi connectivity index (χ1n) is 5.91. The zero-order valence-electron chi connectivity index (χ0n) is 10.3. The molecule has 18 heavy (non-hydrogen) atoms. The van der Waals surface area contributed by atoms with Gasteiger partial charge in [-0.3, -0.25) is 9.69 Å².